The summed E-state index contributed by atoms with van der Waals surface area (Å²) in [4.78, 5) is 2.46. The van der Waals surface area contributed by atoms with Gasteiger partial charge in [-0.2, -0.15) is 0 Å². The molecule has 0 radical (unpaired) electrons. The van der Waals surface area contributed by atoms with Gasteiger partial charge in [0, 0.05) is 38.9 Å². The molecular weight excluding hydrogens is 797 g/mol. The summed E-state index contributed by atoms with van der Waals surface area (Å²) in [5.74, 6) is 0. The van der Waals surface area contributed by atoms with Crippen LogP contribution < -0.4 is 4.90 Å². The normalized spacial score (nSPS) is 13.8. The van der Waals surface area contributed by atoms with E-state index in [1.165, 1.54) is 88.6 Å². The zero-order valence-electron chi connectivity index (χ0n) is 37.0. The highest BCUT2D eigenvalue weighted by molar-refractivity contribution is 6.09. The van der Waals surface area contributed by atoms with Gasteiger partial charge < -0.3 is 9.47 Å². The van der Waals surface area contributed by atoms with Crippen molar-refractivity contribution in [3.63, 3.8) is 0 Å². The predicted octanol–water partition coefficient (Wildman–Crippen LogP) is 16.6. The number of hydrogen-bond acceptors (Lipinski definition) is 1. The highest BCUT2D eigenvalue weighted by Crippen LogP contribution is 2.57. The molecule has 13 rings (SSSR count). The molecule has 2 aliphatic carbocycles. The zero-order chi connectivity index (χ0) is 44.0. The van der Waals surface area contributed by atoms with Crippen molar-refractivity contribution in [2.45, 2.75) is 24.7 Å². The van der Waals surface area contributed by atoms with Gasteiger partial charge in [0.15, 0.2) is 0 Å². The summed E-state index contributed by atoms with van der Waals surface area (Å²) in [6, 6.07) is 89.9. The highest BCUT2D eigenvalue weighted by Gasteiger charge is 2.46. The maximum atomic E-state index is 2.46. The van der Waals surface area contributed by atoms with Crippen LogP contribution in [0.3, 0.4) is 0 Å². The van der Waals surface area contributed by atoms with Crippen LogP contribution >= 0.6 is 0 Å². The van der Waals surface area contributed by atoms with E-state index in [4.69, 9.17) is 0 Å². The third kappa shape index (κ3) is 5.55. The molecule has 0 fully saturated rings. The number of aromatic nitrogens is 1. The van der Waals surface area contributed by atoms with Crippen LogP contribution in [0.1, 0.15) is 47.2 Å². The highest BCUT2D eigenvalue weighted by atomic mass is 15.1. The zero-order valence-corrected chi connectivity index (χ0v) is 37.0. The van der Waals surface area contributed by atoms with Crippen LogP contribution in [0.5, 0.6) is 0 Å². The molecule has 2 heteroatoms. The molecule has 1 aromatic heterocycles. The van der Waals surface area contributed by atoms with Crippen molar-refractivity contribution in [2.24, 2.45) is 0 Å². The van der Waals surface area contributed by atoms with Gasteiger partial charge in [-0.1, -0.05) is 196 Å². The number of nitrogens with zero attached hydrogens (tertiary/aromatic N) is 2. The second kappa shape index (κ2) is 14.7. The molecule has 10 aromatic carbocycles. The molecule has 0 bridgehead atoms. The smallest absolute Gasteiger partial charge is 0.0713 e. The van der Waals surface area contributed by atoms with Crippen molar-refractivity contribution in [1.82, 2.24) is 4.57 Å². The van der Waals surface area contributed by atoms with Gasteiger partial charge in [-0.3, -0.25) is 0 Å². The first-order valence-corrected chi connectivity index (χ1v) is 23.1. The number of rotatable bonds is 7. The Morgan fingerprint density at radius 2 is 0.788 bits per heavy atom. The molecular formula is C64H46N2. The summed E-state index contributed by atoms with van der Waals surface area (Å²) in [6.07, 6.45) is 0. The molecule has 312 valence electrons. The molecule has 0 unspecified atom stereocenters. The maximum absolute atomic E-state index is 2.46. The van der Waals surface area contributed by atoms with E-state index in [0.717, 1.165) is 22.7 Å². The van der Waals surface area contributed by atoms with Crippen molar-refractivity contribution in [3.05, 3.63) is 276 Å². The lowest BCUT2D eigenvalue weighted by molar-refractivity contribution is 0.660. The molecule has 0 spiro atoms. The van der Waals surface area contributed by atoms with Crippen LogP contribution in [-0.2, 0) is 10.8 Å². The number of benzene rings is 10. The second-order valence-corrected chi connectivity index (χ2v) is 18.5. The molecule has 66 heavy (non-hydrogen) atoms. The van der Waals surface area contributed by atoms with Gasteiger partial charge in [-0.05, 0) is 127 Å². The topological polar surface area (TPSA) is 8.17 Å². The standard InChI is InChI=1S/C64H46N2/c1-63(2)57-25-13-9-21-51(57)53-39-37-50(42-60(53)63)65(47-33-29-43(30-34-47)44-31-35-48(36-32-44)66-61-27-15-11-23-54(61)55-24-12-16-28-62(55)66)49-38-40-59-56(41-49)52-22-10-14-26-58(52)64(59,45-17-5-3-6-18-45)46-19-7-4-8-20-46/h3-42H,1-2H3. The van der Waals surface area contributed by atoms with Gasteiger partial charge in [-0.15, -0.1) is 0 Å². The van der Waals surface area contributed by atoms with Crippen LogP contribution in [-0.4, -0.2) is 4.57 Å². The van der Waals surface area contributed by atoms with Crippen LogP contribution in [0.4, 0.5) is 17.1 Å². The minimum Gasteiger partial charge on any atom is -0.310 e. The Morgan fingerprint density at radius 1 is 0.333 bits per heavy atom. The van der Waals surface area contributed by atoms with E-state index < -0.39 is 5.41 Å². The van der Waals surface area contributed by atoms with Gasteiger partial charge in [0.2, 0.25) is 0 Å². The summed E-state index contributed by atoms with van der Waals surface area (Å²) in [5.41, 5.74) is 21.8. The van der Waals surface area contributed by atoms with Gasteiger partial charge >= 0.3 is 0 Å². The first kappa shape index (κ1) is 38.3. The Balaban J connectivity index is 0.949. The quantitative estimate of drug-likeness (QED) is 0.155. The van der Waals surface area contributed by atoms with Crippen LogP contribution in [0, 0.1) is 0 Å². The number of fused-ring (bicyclic) bond motifs is 9. The lowest BCUT2D eigenvalue weighted by atomic mass is 9.68. The molecule has 0 N–H and O–H groups in total. The third-order valence-electron chi connectivity index (χ3n) is 14.7. The third-order valence-corrected chi connectivity index (χ3v) is 14.7. The Labute approximate surface area is 386 Å². The van der Waals surface area contributed by atoms with Crippen molar-refractivity contribution < 1.29 is 0 Å². The number of anilines is 3. The molecule has 2 nitrogen and oxygen atoms in total. The summed E-state index contributed by atoms with van der Waals surface area (Å²) in [6.45, 7) is 4.73. The average Bonchev–Trinajstić information content (AvgIpc) is 3.96. The van der Waals surface area contributed by atoms with Crippen molar-refractivity contribution >= 4 is 38.9 Å². The SMILES string of the molecule is CC1(C)c2ccccc2-c2ccc(N(c3ccc(-c4ccc(-n5c6ccccc6c6ccccc65)cc4)cc3)c3ccc4c(c3)-c3ccccc3C4(c3ccccc3)c3ccccc3)cc21. The minimum atomic E-state index is -0.458. The van der Waals surface area contributed by atoms with Gasteiger partial charge in [-0.25, -0.2) is 0 Å². The minimum absolute atomic E-state index is 0.134. The van der Waals surface area contributed by atoms with Crippen LogP contribution in [0.2, 0.25) is 0 Å². The van der Waals surface area contributed by atoms with E-state index >= 15 is 0 Å². The summed E-state index contributed by atoms with van der Waals surface area (Å²) in [7, 11) is 0. The Bertz CT molecular complexity index is 3560. The second-order valence-electron chi connectivity index (χ2n) is 18.5. The molecule has 1 heterocycles. The van der Waals surface area contributed by atoms with Crippen LogP contribution in [0.25, 0.3) is 60.9 Å². The molecule has 0 amide bonds. The Kier molecular flexibility index (Phi) is 8.51. The lowest BCUT2D eigenvalue weighted by Gasteiger charge is -2.34. The first-order chi connectivity index (χ1) is 32.5. The fraction of sp³-hybridized carbons (Fsp3) is 0.0625. The van der Waals surface area contributed by atoms with Crippen molar-refractivity contribution in [3.8, 4) is 39.1 Å². The Morgan fingerprint density at radius 3 is 1.42 bits per heavy atom. The van der Waals surface area contributed by atoms with Gasteiger partial charge in [0.25, 0.3) is 0 Å². The monoisotopic (exact) mass is 842 g/mol. The lowest BCUT2D eigenvalue weighted by Crippen LogP contribution is -2.28. The molecule has 0 saturated heterocycles. The molecule has 0 aliphatic heterocycles. The molecule has 2 aliphatic rings. The van der Waals surface area contributed by atoms with Gasteiger partial charge in [0.1, 0.15) is 0 Å². The van der Waals surface area contributed by atoms with Crippen molar-refractivity contribution in [1.29, 1.82) is 0 Å². The van der Waals surface area contributed by atoms with E-state index in [0.29, 0.717) is 0 Å². The number of hydrogen-bond donors (Lipinski definition) is 0. The predicted molar refractivity (Wildman–Crippen MR) is 276 cm³/mol. The maximum Gasteiger partial charge on any atom is 0.0713 e. The fourth-order valence-corrected chi connectivity index (χ4v) is 11.7. The Hall–Kier alpha value is -8.20. The summed E-state index contributed by atoms with van der Waals surface area (Å²) >= 11 is 0. The fourth-order valence-electron chi connectivity index (χ4n) is 11.7. The average molecular weight is 843 g/mol. The van der Waals surface area contributed by atoms with Crippen molar-refractivity contribution in [2.75, 3.05) is 4.90 Å². The molecule has 0 saturated carbocycles. The van der Waals surface area contributed by atoms with Gasteiger partial charge in [0.05, 0.1) is 16.4 Å². The summed E-state index contributed by atoms with van der Waals surface area (Å²) < 4.78 is 2.38. The van der Waals surface area contributed by atoms with E-state index in [9.17, 15) is 0 Å². The first-order valence-electron chi connectivity index (χ1n) is 23.1. The number of para-hydroxylation sites is 2. The van der Waals surface area contributed by atoms with E-state index in [1.807, 2.05) is 0 Å². The largest absolute Gasteiger partial charge is 0.310 e. The van der Waals surface area contributed by atoms with E-state index in [1.54, 1.807) is 0 Å². The van der Waals surface area contributed by atoms with Crippen LogP contribution in [0.15, 0.2) is 243 Å². The molecule has 0 atom stereocenters. The summed E-state index contributed by atoms with van der Waals surface area (Å²) in [5, 5.41) is 2.54. The van der Waals surface area contributed by atoms with E-state index in [2.05, 4.69) is 266 Å². The molecule has 11 aromatic rings. The van der Waals surface area contributed by atoms with E-state index in [-0.39, 0.29) is 5.41 Å².